The van der Waals surface area contributed by atoms with Gasteiger partial charge in [-0.15, -0.1) is 11.8 Å². The highest BCUT2D eigenvalue weighted by atomic mass is 32.2. The highest BCUT2D eigenvalue weighted by Gasteiger charge is 2.25. The maximum atomic E-state index is 11.6. The molecule has 1 aromatic carbocycles. The van der Waals surface area contributed by atoms with E-state index in [1.54, 1.807) is 12.5 Å². The van der Waals surface area contributed by atoms with E-state index >= 15 is 0 Å². The summed E-state index contributed by atoms with van der Waals surface area (Å²) in [5, 5.41) is 0. The number of ether oxygens (including phenoxy) is 1. The van der Waals surface area contributed by atoms with Crippen LogP contribution < -0.4 is 10.9 Å². The van der Waals surface area contributed by atoms with Crippen LogP contribution in [0, 0.1) is 0 Å². The van der Waals surface area contributed by atoms with Crippen molar-refractivity contribution in [3.63, 3.8) is 0 Å². The Kier molecular flexibility index (Phi) is 3.80. The summed E-state index contributed by atoms with van der Waals surface area (Å²) in [6.07, 6.45) is 9.23. The second-order valence-corrected chi connectivity index (χ2v) is 7.17. The van der Waals surface area contributed by atoms with E-state index in [0.29, 0.717) is 16.9 Å². The van der Waals surface area contributed by atoms with Gasteiger partial charge >= 0.3 is 0 Å². The summed E-state index contributed by atoms with van der Waals surface area (Å²) >= 11 is 1.47. The van der Waals surface area contributed by atoms with Crippen LogP contribution >= 0.6 is 11.8 Å². The summed E-state index contributed by atoms with van der Waals surface area (Å²) in [6.45, 7) is 6.09. The van der Waals surface area contributed by atoms with Crippen molar-refractivity contribution in [1.29, 1.82) is 0 Å². The van der Waals surface area contributed by atoms with E-state index in [2.05, 4.69) is 0 Å². The molecule has 0 N–H and O–H groups in total. The molecule has 0 atom stereocenters. The van der Waals surface area contributed by atoms with Crippen molar-refractivity contribution < 1.29 is 4.74 Å². The van der Waals surface area contributed by atoms with Crippen LogP contribution in [0.5, 0.6) is 0 Å². The van der Waals surface area contributed by atoms with E-state index in [9.17, 15) is 9.59 Å². The molecule has 0 saturated heterocycles. The lowest BCUT2D eigenvalue weighted by Gasteiger charge is -2.20. The van der Waals surface area contributed by atoms with Crippen molar-refractivity contribution in [3.05, 3.63) is 62.3 Å². The van der Waals surface area contributed by atoms with Gasteiger partial charge in [0, 0.05) is 10.3 Å². The van der Waals surface area contributed by atoms with E-state index in [1.807, 2.05) is 39.0 Å². The molecule has 4 heteroatoms. The van der Waals surface area contributed by atoms with E-state index in [0.717, 1.165) is 5.57 Å². The van der Waals surface area contributed by atoms with Crippen LogP contribution in [-0.4, -0.2) is 4.75 Å². The van der Waals surface area contributed by atoms with Crippen LogP contribution in [0.3, 0.4) is 0 Å². The van der Waals surface area contributed by atoms with Crippen LogP contribution in [0.4, 0.5) is 0 Å². The number of hydrogen-bond acceptors (Lipinski definition) is 4. The molecule has 3 nitrogen and oxygen atoms in total. The van der Waals surface area contributed by atoms with Crippen LogP contribution in [0.2, 0.25) is 0 Å². The second-order valence-electron chi connectivity index (χ2n) is 5.33. The smallest absolute Gasteiger partial charge is 0.239 e. The van der Waals surface area contributed by atoms with Crippen molar-refractivity contribution >= 4 is 11.8 Å². The zero-order valence-electron chi connectivity index (χ0n) is 11.2. The van der Waals surface area contributed by atoms with Gasteiger partial charge in [0.15, 0.2) is 0 Å². The van der Waals surface area contributed by atoms with Gasteiger partial charge in [-0.05, 0) is 24.1 Å². The molecule has 0 bridgehead atoms. The van der Waals surface area contributed by atoms with Gasteiger partial charge in [0.2, 0.25) is 10.9 Å². The Morgan fingerprint density at radius 2 is 1.79 bits per heavy atom. The Morgan fingerprint density at radius 3 is 2.37 bits per heavy atom. The monoisotopic (exact) mass is 276 g/mol. The number of allylic oxidation sites excluding steroid dienone is 4. The fourth-order valence-corrected chi connectivity index (χ4v) is 2.81. The molecule has 1 aliphatic heterocycles. The predicted molar refractivity (Wildman–Crippen MR) is 78.1 cm³/mol. The molecule has 1 aromatic rings. The van der Waals surface area contributed by atoms with E-state index in [1.165, 1.54) is 11.8 Å². The Morgan fingerprint density at radius 1 is 1.16 bits per heavy atom. The standard InChI is InChI=1S/C15H16O3S/c1-15(2,3)19-14-11(12(16)13(14)17)5-4-10-6-8-18-9-7-10/h4,6-9H,5H2,1-3H3. The van der Waals surface area contributed by atoms with Crippen molar-refractivity contribution in [2.75, 3.05) is 0 Å². The van der Waals surface area contributed by atoms with Crippen molar-refractivity contribution in [1.82, 2.24) is 0 Å². The third-order valence-electron chi connectivity index (χ3n) is 2.59. The molecule has 100 valence electrons. The molecule has 2 rings (SSSR count). The van der Waals surface area contributed by atoms with Gasteiger partial charge in [0.05, 0.1) is 17.4 Å². The minimum absolute atomic E-state index is 0.0669. The highest BCUT2D eigenvalue weighted by molar-refractivity contribution is 8.00. The second kappa shape index (κ2) is 5.21. The lowest BCUT2D eigenvalue weighted by Crippen LogP contribution is -2.38. The lowest BCUT2D eigenvalue weighted by molar-refractivity contribution is 0.398. The molecule has 0 aliphatic carbocycles. The third-order valence-corrected chi connectivity index (χ3v) is 3.84. The van der Waals surface area contributed by atoms with Crippen LogP contribution in [0.15, 0.2) is 50.8 Å². The molecular weight excluding hydrogens is 260 g/mol. The summed E-state index contributed by atoms with van der Waals surface area (Å²) in [7, 11) is 0. The van der Waals surface area contributed by atoms with E-state index in [4.69, 9.17) is 4.74 Å². The Hall–Kier alpha value is -1.55. The topological polar surface area (TPSA) is 43.4 Å². The van der Waals surface area contributed by atoms with Crippen LogP contribution in [-0.2, 0) is 11.2 Å². The Labute approximate surface area is 116 Å². The molecule has 0 amide bonds. The summed E-state index contributed by atoms with van der Waals surface area (Å²) < 4.78 is 4.87. The first-order chi connectivity index (χ1) is 8.88. The SMILES string of the molecule is CC(C)(C)Sc1c(CC=C2C=COC=C2)c(=O)c1=O. The molecule has 0 saturated carbocycles. The maximum absolute atomic E-state index is 11.6. The molecule has 0 radical (unpaired) electrons. The van der Waals surface area contributed by atoms with Gasteiger partial charge in [-0.3, -0.25) is 9.59 Å². The average Bonchev–Trinajstić information content (AvgIpc) is 2.37. The van der Waals surface area contributed by atoms with Crippen molar-refractivity contribution in [2.45, 2.75) is 36.8 Å². The van der Waals surface area contributed by atoms with E-state index in [-0.39, 0.29) is 15.6 Å². The fourth-order valence-electron chi connectivity index (χ4n) is 1.71. The van der Waals surface area contributed by atoms with Crippen molar-refractivity contribution in [3.8, 4) is 0 Å². The van der Waals surface area contributed by atoms with Gasteiger partial charge in [-0.25, -0.2) is 0 Å². The molecule has 0 spiro atoms. The lowest BCUT2D eigenvalue weighted by atomic mass is 10.0. The summed E-state index contributed by atoms with van der Waals surface area (Å²) in [6, 6.07) is 0. The van der Waals surface area contributed by atoms with Crippen molar-refractivity contribution in [2.24, 2.45) is 0 Å². The molecule has 1 heterocycles. The molecular formula is C15H16O3S. The largest absolute Gasteiger partial charge is 0.473 e. The van der Waals surface area contributed by atoms with E-state index < -0.39 is 0 Å². The minimum Gasteiger partial charge on any atom is -0.473 e. The normalized spacial score (nSPS) is 14.8. The van der Waals surface area contributed by atoms with Gasteiger partial charge in [0.25, 0.3) is 0 Å². The first-order valence-corrected chi connectivity index (χ1v) is 6.90. The molecule has 19 heavy (non-hydrogen) atoms. The highest BCUT2D eigenvalue weighted by Crippen LogP contribution is 2.32. The van der Waals surface area contributed by atoms with Gasteiger partial charge in [-0.2, -0.15) is 0 Å². The van der Waals surface area contributed by atoms with Gasteiger partial charge < -0.3 is 4.74 Å². The zero-order valence-corrected chi connectivity index (χ0v) is 12.0. The quantitative estimate of drug-likeness (QED) is 0.629. The first-order valence-electron chi connectivity index (χ1n) is 6.08. The molecule has 0 unspecified atom stereocenters. The summed E-state index contributed by atoms with van der Waals surface area (Å²) in [5.41, 5.74) is 0.923. The number of hydrogen-bond donors (Lipinski definition) is 0. The fraction of sp³-hybridized carbons (Fsp3) is 0.333. The predicted octanol–water partition coefficient (Wildman–Crippen LogP) is 2.70. The Bertz CT molecular complexity index is 621. The first kappa shape index (κ1) is 13.9. The van der Waals surface area contributed by atoms with Gasteiger partial charge in [0.1, 0.15) is 0 Å². The molecule has 1 aliphatic rings. The van der Waals surface area contributed by atoms with Gasteiger partial charge in [-0.1, -0.05) is 26.8 Å². The van der Waals surface area contributed by atoms with Crippen LogP contribution in [0.25, 0.3) is 0 Å². The Balaban J connectivity index is 2.18. The average molecular weight is 276 g/mol. The zero-order chi connectivity index (χ0) is 14.0. The van der Waals surface area contributed by atoms with Crippen LogP contribution in [0.1, 0.15) is 26.3 Å². The summed E-state index contributed by atoms with van der Waals surface area (Å²) in [5.74, 6) is 0. The summed E-state index contributed by atoms with van der Waals surface area (Å²) in [4.78, 5) is 23.8. The minimum atomic E-state index is -0.344. The maximum Gasteiger partial charge on any atom is 0.239 e. The number of rotatable bonds is 3. The third kappa shape index (κ3) is 3.26. The molecule has 0 aromatic heterocycles. The number of thioether (sulfide) groups is 1. The molecule has 0 fully saturated rings.